The first-order valence-electron chi connectivity index (χ1n) is 6.06. The molecule has 1 rings (SSSR count). The van der Waals surface area contributed by atoms with Crippen molar-refractivity contribution >= 4 is 0 Å². The minimum absolute atomic E-state index is 0.0700. The van der Waals surface area contributed by atoms with Gasteiger partial charge in [0.05, 0.1) is 5.69 Å². The Morgan fingerprint density at radius 2 is 1.88 bits per heavy atom. The molecule has 3 heteroatoms. The maximum atomic E-state index is 10.2. The molecule has 0 spiro atoms. The van der Waals surface area contributed by atoms with E-state index in [0.717, 1.165) is 24.4 Å². The van der Waals surface area contributed by atoms with Crippen molar-refractivity contribution in [1.29, 1.82) is 0 Å². The maximum Gasteiger partial charge on any atom is 0.160 e. The van der Waals surface area contributed by atoms with Crippen LogP contribution in [0.15, 0.2) is 0 Å². The molecule has 1 heterocycles. The zero-order valence-electron chi connectivity index (χ0n) is 11.3. The van der Waals surface area contributed by atoms with Crippen molar-refractivity contribution in [2.45, 2.75) is 59.9 Å². The number of nitrogens with zero attached hydrogens (tertiary/aromatic N) is 2. The molecular formula is C13H24N2O. The minimum atomic E-state index is -0.0700. The zero-order chi connectivity index (χ0) is 12.5. The smallest absolute Gasteiger partial charge is 0.160 e. The van der Waals surface area contributed by atoms with Gasteiger partial charge in [0.2, 0.25) is 0 Å². The van der Waals surface area contributed by atoms with Crippen LogP contribution in [0.3, 0.4) is 0 Å². The fourth-order valence-corrected chi connectivity index (χ4v) is 1.96. The largest absolute Gasteiger partial charge is 0.504 e. The number of hydrogen-bond acceptors (Lipinski definition) is 2. The van der Waals surface area contributed by atoms with Crippen molar-refractivity contribution < 1.29 is 5.11 Å². The van der Waals surface area contributed by atoms with Gasteiger partial charge in [0, 0.05) is 12.0 Å². The lowest BCUT2D eigenvalue weighted by atomic mass is 9.90. The molecule has 1 N–H and O–H groups in total. The lowest BCUT2D eigenvalue weighted by Crippen LogP contribution is -2.20. The Morgan fingerprint density at radius 1 is 1.31 bits per heavy atom. The standard InChI is InChI=1S/C13H24N2O/c1-7-10-11(16)12(13(4,5)6)15(14-10)8-9(2)3/h9,16H,7-8H2,1-6H3. The van der Waals surface area contributed by atoms with Crippen LogP contribution in [0.5, 0.6) is 5.75 Å². The highest BCUT2D eigenvalue weighted by Gasteiger charge is 2.26. The summed E-state index contributed by atoms with van der Waals surface area (Å²) in [4.78, 5) is 0. The number of aryl methyl sites for hydroxylation is 1. The molecule has 0 aliphatic carbocycles. The van der Waals surface area contributed by atoms with Gasteiger partial charge in [-0.1, -0.05) is 41.5 Å². The van der Waals surface area contributed by atoms with Crippen molar-refractivity contribution in [1.82, 2.24) is 9.78 Å². The molecule has 0 amide bonds. The van der Waals surface area contributed by atoms with E-state index in [0.29, 0.717) is 11.7 Å². The van der Waals surface area contributed by atoms with Crippen LogP contribution >= 0.6 is 0 Å². The molecule has 1 aromatic heterocycles. The van der Waals surface area contributed by atoms with Crippen LogP contribution in [0.1, 0.15) is 52.9 Å². The minimum Gasteiger partial charge on any atom is -0.504 e. The lowest BCUT2D eigenvalue weighted by molar-refractivity contribution is 0.401. The molecule has 0 saturated carbocycles. The van der Waals surface area contributed by atoms with Gasteiger partial charge in [-0.05, 0) is 12.3 Å². The number of rotatable bonds is 3. The maximum absolute atomic E-state index is 10.2. The summed E-state index contributed by atoms with van der Waals surface area (Å²) in [6, 6.07) is 0. The third kappa shape index (κ3) is 2.57. The summed E-state index contributed by atoms with van der Waals surface area (Å²) in [6.07, 6.45) is 0.778. The van der Waals surface area contributed by atoms with Gasteiger partial charge in [-0.25, -0.2) is 0 Å². The Kier molecular flexibility index (Phi) is 3.66. The zero-order valence-corrected chi connectivity index (χ0v) is 11.3. The van der Waals surface area contributed by atoms with Crippen molar-refractivity contribution in [3.05, 3.63) is 11.4 Å². The average Bonchev–Trinajstić information content (AvgIpc) is 2.39. The molecule has 0 fully saturated rings. The molecule has 0 bridgehead atoms. The normalized spacial score (nSPS) is 12.4. The summed E-state index contributed by atoms with van der Waals surface area (Å²) in [5.74, 6) is 0.917. The molecule has 3 nitrogen and oxygen atoms in total. The van der Waals surface area contributed by atoms with Crippen LogP contribution < -0.4 is 0 Å². The van der Waals surface area contributed by atoms with E-state index in [1.165, 1.54) is 0 Å². The van der Waals surface area contributed by atoms with E-state index >= 15 is 0 Å². The van der Waals surface area contributed by atoms with Gasteiger partial charge < -0.3 is 5.11 Å². The Morgan fingerprint density at radius 3 is 2.25 bits per heavy atom. The molecule has 0 atom stereocenters. The SMILES string of the molecule is CCc1nn(CC(C)C)c(C(C)(C)C)c1O. The second kappa shape index (κ2) is 4.48. The Hall–Kier alpha value is -0.990. The van der Waals surface area contributed by atoms with Gasteiger partial charge in [0.25, 0.3) is 0 Å². The Bertz CT molecular complexity index is 359. The predicted molar refractivity (Wildman–Crippen MR) is 66.8 cm³/mol. The van der Waals surface area contributed by atoms with Crippen LogP contribution in [0.2, 0.25) is 0 Å². The van der Waals surface area contributed by atoms with E-state index in [2.05, 4.69) is 39.7 Å². The first-order chi connectivity index (χ1) is 7.27. The average molecular weight is 224 g/mol. The highest BCUT2D eigenvalue weighted by atomic mass is 16.3. The van der Waals surface area contributed by atoms with Crippen molar-refractivity contribution in [2.24, 2.45) is 5.92 Å². The van der Waals surface area contributed by atoms with Crippen LogP contribution in [0, 0.1) is 5.92 Å². The van der Waals surface area contributed by atoms with E-state index in [1.807, 2.05) is 11.6 Å². The summed E-state index contributed by atoms with van der Waals surface area (Å²) in [6.45, 7) is 13.5. The first-order valence-corrected chi connectivity index (χ1v) is 6.06. The molecule has 1 aromatic rings. The number of aromatic hydroxyl groups is 1. The quantitative estimate of drug-likeness (QED) is 0.856. The van der Waals surface area contributed by atoms with E-state index in [-0.39, 0.29) is 5.41 Å². The predicted octanol–water partition coefficient (Wildman–Crippen LogP) is 3.10. The third-order valence-corrected chi connectivity index (χ3v) is 2.58. The van der Waals surface area contributed by atoms with E-state index < -0.39 is 0 Å². The Labute approximate surface area is 98.5 Å². The van der Waals surface area contributed by atoms with Crippen molar-refractivity contribution in [2.75, 3.05) is 0 Å². The summed E-state index contributed by atoms with van der Waals surface area (Å²) >= 11 is 0. The van der Waals surface area contributed by atoms with E-state index in [4.69, 9.17) is 0 Å². The van der Waals surface area contributed by atoms with Crippen LogP contribution in [0.25, 0.3) is 0 Å². The topological polar surface area (TPSA) is 38.0 Å². The third-order valence-electron chi connectivity index (χ3n) is 2.58. The van der Waals surface area contributed by atoms with Gasteiger partial charge in [0.15, 0.2) is 5.75 Å². The Balaban J connectivity index is 3.25. The molecule has 16 heavy (non-hydrogen) atoms. The van der Waals surface area contributed by atoms with Gasteiger partial charge >= 0.3 is 0 Å². The monoisotopic (exact) mass is 224 g/mol. The molecule has 92 valence electrons. The van der Waals surface area contributed by atoms with Gasteiger partial charge in [-0.15, -0.1) is 0 Å². The van der Waals surface area contributed by atoms with E-state index in [1.54, 1.807) is 0 Å². The number of hydrogen-bond donors (Lipinski definition) is 1. The molecule has 0 aliphatic rings. The second-order valence-corrected chi connectivity index (χ2v) is 5.82. The molecule has 0 saturated heterocycles. The van der Waals surface area contributed by atoms with Crippen molar-refractivity contribution in [3.63, 3.8) is 0 Å². The summed E-state index contributed by atoms with van der Waals surface area (Å²) < 4.78 is 1.97. The second-order valence-electron chi connectivity index (χ2n) is 5.82. The highest BCUT2D eigenvalue weighted by Crippen LogP contribution is 2.33. The summed E-state index contributed by atoms with van der Waals surface area (Å²) in [5.41, 5.74) is 1.70. The fourth-order valence-electron chi connectivity index (χ4n) is 1.96. The molecular weight excluding hydrogens is 200 g/mol. The fraction of sp³-hybridized carbons (Fsp3) is 0.769. The lowest BCUT2D eigenvalue weighted by Gasteiger charge is -2.21. The van der Waals surface area contributed by atoms with Crippen LogP contribution in [-0.4, -0.2) is 14.9 Å². The molecule has 0 unspecified atom stereocenters. The van der Waals surface area contributed by atoms with Crippen LogP contribution in [-0.2, 0) is 18.4 Å². The number of aromatic nitrogens is 2. The van der Waals surface area contributed by atoms with Gasteiger partial charge in [-0.2, -0.15) is 5.10 Å². The summed E-state index contributed by atoms with van der Waals surface area (Å²) in [7, 11) is 0. The highest BCUT2D eigenvalue weighted by molar-refractivity contribution is 5.36. The molecule has 0 aliphatic heterocycles. The van der Waals surface area contributed by atoms with Gasteiger partial charge in [0.1, 0.15) is 5.69 Å². The van der Waals surface area contributed by atoms with Crippen LogP contribution in [0.4, 0.5) is 0 Å². The van der Waals surface area contributed by atoms with Gasteiger partial charge in [-0.3, -0.25) is 4.68 Å². The first kappa shape index (κ1) is 13.1. The summed E-state index contributed by atoms with van der Waals surface area (Å²) in [5, 5.41) is 14.7. The molecule has 0 radical (unpaired) electrons. The van der Waals surface area contributed by atoms with E-state index in [9.17, 15) is 5.11 Å². The van der Waals surface area contributed by atoms with Crippen molar-refractivity contribution in [3.8, 4) is 5.75 Å². The molecule has 0 aromatic carbocycles.